The van der Waals surface area contributed by atoms with Gasteiger partial charge in [0.25, 0.3) is 5.91 Å². The van der Waals surface area contributed by atoms with E-state index in [1.165, 1.54) is 12.5 Å². The van der Waals surface area contributed by atoms with E-state index in [1.807, 2.05) is 23.2 Å². The number of aromatic nitrogens is 3. The van der Waals surface area contributed by atoms with E-state index in [-0.39, 0.29) is 11.8 Å². The van der Waals surface area contributed by atoms with Gasteiger partial charge in [-0.1, -0.05) is 6.92 Å². The first kappa shape index (κ1) is 14.9. The summed E-state index contributed by atoms with van der Waals surface area (Å²) < 4.78 is 7.24. The molecule has 1 amide bonds. The molecule has 3 aromatic heterocycles. The smallest absolute Gasteiger partial charge is 0.257 e. The van der Waals surface area contributed by atoms with Crippen molar-refractivity contribution in [2.24, 2.45) is 0 Å². The first-order valence-corrected chi connectivity index (χ1v) is 8.40. The standard InChI is InChI=1S/C18H20N4O2/c1-2-8-22-16(20-15-4-3-7-19-17(15)22)13-5-9-21(11-13)18(23)14-6-10-24-12-14/h3-4,6-7,10,12-13H,2,5,8-9,11H2,1H3/t13-/m0/s1. The maximum absolute atomic E-state index is 12.5. The summed E-state index contributed by atoms with van der Waals surface area (Å²) >= 11 is 0. The highest BCUT2D eigenvalue weighted by Crippen LogP contribution is 2.30. The number of aryl methyl sites for hydroxylation is 1. The number of imidazole rings is 1. The number of rotatable bonds is 4. The van der Waals surface area contributed by atoms with E-state index < -0.39 is 0 Å². The first-order valence-electron chi connectivity index (χ1n) is 8.40. The Kier molecular flexibility index (Phi) is 3.80. The molecule has 1 aliphatic rings. The number of carbonyl (C=O) groups is 1. The fourth-order valence-corrected chi connectivity index (χ4v) is 3.46. The second-order valence-corrected chi connectivity index (χ2v) is 6.22. The molecule has 1 aliphatic heterocycles. The Labute approximate surface area is 140 Å². The molecule has 0 spiro atoms. The van der Waals surface area contributed by atoms with E-state index in [9.17, 15) is 4.79 Å². The minimum atomic E-state index is 0.0301. The van der Waals surface area contributed by atoms with Crippen LogP contribution < -0.4 is 0 Å². The van der Waals surface area contributed by atoms with Crippen LogP contribution in [0.4, 0.5) is 0 Å². The van der Waals surface area contributed by atoms with Crippen LogP contribution in [0.25, 0.3) is 11.2 Å². The minimum absolute atomic E-state index is 0.0301. The van der Waals surface area contributed by atoms with Gasteiger partial charge in [-0.2, -0.15) is 0 Å². The Morgan fingerprint density at radius 2 is 2.33 bits per heavy atom. The Balaban J connectivity index is 1.62. The monoisotopic (exact) mass is 324 g/mol. The average Bonchev–Trinajstić information content (AvgIpc) is 3.34. The van der Waals surface area contributed by atoms with Crippen molar-refractivity contribution < 1.29 is 9.21 Å². The highest BCUT2D eigenvalue weighted by atomic mass is 16.3. The molecule has 0 bridgehead atoms. The zero-order valence-electron chi connectivity index (χ0n) is 13.7. The molecule has 24 heavy (non-hydrogen) atoms. The van der Waals surface area contributed by atoms with Crippen molar-refractivity contribution in [3.63, 3.8) is 0 Å². The van der Waals surface area contributed by atoms with E-state index in [1.54, 1.807) is 6.07 Å². The van der Waals surface area contributed by atoms with Gasteiger partial charge in [0.15, 0.2) is 5.65 Å². The molecular weight excluding hydrogens is 304 g/mol. The second kappa shape index (κ2) is 6.11. The average molecular weight is 324 g/mol. The molecule has 1 fully saturated rings. The molecule has 4 heterocycles. The fraction of sp³-hybridized carbons (Fsp3) is 0.389. The lowest BCUT2D eigenvalue weighted by atomic mass is 10.1. The molecule has 0 N–H and O–H groups in total. The highest BCUT2D eigenvalue weighted by Gasteiger charge is 2.31. The molecule has 6 nitrogen and oxygen atoms in total. The fourth-order valence-electron chi connectivity index (χ4n) is 3.46. The minimum Gasteiger partial charge on any atom is -0.472 e. The summed E-state index contributed by atoms with van der Waals surface area (Å²) in [7, 11) is 0. The van der Waals surface area contributed by atoms with Gasteiger partial charge in [-0.25, -0.2) is 9.97 Å². The second-order valence-electron chi connectivity index (χ2n) is 6.22. The van der Waals surface area contributed by atoms with Crippen molar-refractivity contribution in [1.29, 1.82) is 0 Å². The number of pyridine rings is 1. The third-order valence-corrected chi connectivity index (χ3v) is 4.59. The Bertz CT molecular complexity index is 853. The van der Waals surface area contributed by atoms with Gasteiger partial charge < -0.3 is 13.9 Å². The maximum Gasteiger partial charge on any atom is 0.257 e. The van der Waals surface area contributed by atoms with Crippen molar-refractivity contribution in [3.8, 4) is 0 Å². The van der Waals surface area contributed by atoms with Gasteiger partial charge in [0.2, 0.25) is 0 Å². The number of hydrogen-bond donors (Lipinski definition) is 0. The predicted octanol–water partition coefficient (Wildman–Crippen LogP) is 3.06. The molecule has 124 valence electrons. The van der Waals surface area contributed by atoms with Crippen molar-refractivity contribution in [1.82, 2.24) is 19.4 Å². The van der Waals surface area contributed by atoms with Crippen LogP contribution in [-0.2, 0) is 6.54 Å². The molecule has 4 rings (SSSR count). The SMILES string of the molecule is CCCn1c([C@H]2CCN(C(=O)c3ccoc3)C2)nc2cccnc21. The first-order chi connectivity index (χ1) is 11.8. The summed E-state index contributed by atoms with van der Waals surface area (Å²) in [6, 6.07) is 5.63. The Morgan fingerprint density at radius 3 is 3.12 bits per heavy atom. The van der Waals surface area contributed by atoms with Gasteiger partial charge in [-0.3, -0.25) is 4.79 Å². The van der Waals surface area contributed by atoms with Crippen LogP contribution in [0.2, 0.25) is 0 Å². The molecule has 1 saturated heterocycles. The number of nitrogens with zero attached hydrogens (tertiary/aromatic N) is 4. The molecule has 1 atom stereocenters. The molecule has 0 unspecified atom stereocenters. The van der Waals surface area contributed by atoms with Gasteiger partial charge in [0.1, 0.15) is 17.6 Å². The summed E-state index contributed by atoms with van der Waals surface area (Å²) in [6.45, 7) is 4.49. The zero-order valence-corrected chi connectivity index (χ0v) is 13.7. The molecule has 0 aromatic carbocycles. The van der Waals surface area contributed by atoms with Crippen LogP contribution in [0.5, 0.6) is 0 Å². The lowest BCUT2D eigenvalue weighted by Gasteiger charge is -2.16. The van der Waals surface area contributed by atoms with Gasteiger partial charge in [0.05, 0.1) is 11.8 Å². The van der Waals surface area contributed by atoms with Gasteiger partial charge >= 0.3 is 0 Å². The van der Waals surface area contributed by atoms with Crippen molar-refractivity contribution in [2.75, 3.05) is 13.1 Å². The molecule has 0 saturated carbocycles. The third-order valence-electron chi connectivity index (χ3n) is 4.59. The number of hydrogen-bond acceptors (Lipinski definition) is 4. The normalized spacial score (nSPS) is 17.7. The number of likely N-dealkylation sites (tertiary alicyclic amines) is 1. The van der Waals surface area contributed by atoms with Gasteiger partial charge in [-0.15, -0.1) is 0 Å². The van der Waals surface area contributed by atoms with Gasteiger partial charge in [-0.05, 0) is 31.0 Å². The molecular formula is C18H20N4O2. The number of amides is 1. The number of fused-ring (bicyclic) bond motifs is 1. The van der Waals surface area contributed by atoms with Crippen LogP contribution in [0.1, 0.15) is 41.9 Å². The van der Waals surface area contributed by atoms with Crippen molar-refractivity contribution in [2.45, 2.75) is 32.2 Å². The van der Waals surface area contributed by atoms with Crippen LogP contribution in [0.3, 0.4) is 0 Å². The van der Waals surface area contributed by atoms with Crippen LogP contribution >= 0.6 is 0 Å². The van der Waals surface area contributed by atoms with Crippen LogP contribution in [-0.4, -0.2) is 38.4 Å². The molecule has 0 radical (unpaired) electrons. The molecule has 6 heteroatoms. The quantitative estimate of drug-likeness (QED) is 0.740. The third kappa shape index (κ3) is 2.48. The van der Waals surface area contributed by atoms with E-state index in [0.717, 1.165) is 42.9 Å². The highest BCUT2D eigenvalue weighted by molar-refractivity contribution is 5.94. The van der Waals surface area contributed by atoms with Crippen LogP contribution in [0, 0.1) is 0 Å². The lowest BCUT2D eigenvalue weighted by molar-refractivity contribution is 0.0789. The van der Waals surface area contributed by atoms with E-state index in [2.05, 4.69) is 16.5 Å². The Hall–Kier alpha value is -2.63. The summed E-state index contributed by atoms with van der Waals surface area (Å²) in [5.41, 5.74) is 2.48. The number of carbonyl (C=O) groups excluding carboxylic acids is 1. The maximum atomic E-state index is 12.5. The number of furan rings is 1. The zero-order chi connectivity index (χ0) is 16.5. The topological polar surface area (TPSA) is 64.2 Å². The van der Waals surface area contributed by atoms with Crippen molar-refractivity contribution in [3.05, 3.63) is 48.3 Å². The lowest BCUT2D eigenvalue weighted by Crippen LogP contribution is -2.28. The summed E-state index contributed by atoms with van der Waals surface area (Å²) in [5.74, 6) is 1.33. The van der Waals surface area contributed by atoms with E-state index in [0.29, 0.717) is 12.1 Å². The summed E-state index contributed by atoms with van der Waals surface area (Å²) in [4.78, 5) is 23.7. The summed E-state index contributed by atoms with van der Waals surface area (Å²) in [6.07, 6.45) is 6.80. The predicted molar refractivity (Wildman–Crippen MR) is 89.8 cm³/mol. The van der Waals surface area contributed by atoms with E-state index in [4.69, 9.17) is 9.40 Å². The van der Waals surface area contributed by atoms with E-state index >= 15 is 0 Å². The molecule has 3 aromatic rings. The van der Waals surface area contributed by atoms with Crippen molar-refractivity contribution >= 4 is 17.1 Å². The molecule has 0 aliphatic carbocycles. The van der Waals surface area contributed by atoms with Gasteiger partial charge in [0, 0.05) is 31.7 Å². The Morgan fingerprint density at radius 1 is 1.42 bits per heavy atom. The largest absolute Gasteiger partial charge is 0.472 e. The summed E-state index contributed by atoms with van der Waals surface area (Å²) in [5, 5.41) is 0. The van der Waals surface area contributed by atoms with Crippen LogP contribution in [0.15, 0.2) is 41.3 Å².